The highest BCUT2D eigenvalue weighted by Gasteiger charge is 2.07. The summed E-state index contributed by atoms with van der Waals surface area (Å²) >= 11 is 0. The molecule has 0 aliphatic rings. The lowest BCUT2D eigenvalue weighted by Gasteiger charge is -2.11. The van der Waals surface area contributed by atoms with Crippen LogP contribution in [0.25, 0.3) is 0 Å². The van der Waals surface area contributed by atoms with Gasteiger partial charge in [-0.15, -0.1) is 0 Å². The van der Waals surface area contributed by atoms with Crippen LogP contribution in [-0.4, -0.2) is 12.0 Å². The summed E-state index contributed by atoms with van der Waals surface area (Å²) in [6.45, 7) is 8.03. The second kappa shape index (κ2) is 6.44. The van der Waals surface area contributed by atoms with Gasteiger partial charge in [0.2, 0.25) is 0 Å². The highest BCUT2D eigenvalue weighted by molar-refractivity contribution is 6.04. The average Bonchev–Trinajstić information content (AvgIpc) is 2.43. The number of carbonyl (C=O) groups is 1. The molecule has 0 spiro atoms. The Kier molecular flexibility index (Phi) is 4.63. The molecule has 0 bridgehead atoms. The number of aryl methyl sites for hydroxylation is 2. The first kappa shape index (κ1) is 15.1. The number of ether oxygens (including phenoxy) is 1. The van der Waals surface area contributed by atoms with Gasteiger partial charge in [0.1, 0.15) is 5.75 Å². The van der Waals surface area contributed by atoms with Crippen molar-refractivity contribution in [3.8, 4) is 5.75 Å². The molecule has 3 heteroatoms. The van der Waals surface area contributed by atoms with Gasteiger partial charge >= 0.3 is 0 Å². The van der Waals surface area contributed by atoms with Gasteiger partial charge in [-0.05, 0) is 75.2 Å². The third kappa shape index (κ3) is 4.09. The SMILES string of the molecule is Cc1ccc(NC(=O)c2ccc(OC(C)C)cc2)cc1C. The summed E-state index contributed by atoms with van der Waals surface area (Å²) in [5, 5.41) is 2.91. The van der Waals surface area contributed by atoms with Crippen molar-refractivity contribution >= 4 is 11.6 Å². The Hall–Kier alpha value is -2.29. The topological polar surface area (TPSA) is 38.3 Å². The first-order chi connectivity index (χ1) is 9.95. The monoisotopic (exact) mass is 283 g/mol. The van der Waals surface area contributed by atoms with Gasteiger partial charge in [0.05, 0.1) is 6.10 Å². The minimum Gasteiger partial charge on any atom is -0.491 e. The van der Waals surface area contributed by atoms with E-state index < -0.39 is 0 Å². The Morgan fingerprint density at radius 3 is 2.24 bits per heavy atom. The predicted octanol–water partition coefficient (Wildman–Crippen LogP) is 4.34. The molecule has 0 atom stereocenters. The van der Waals surface area contributed by atoms with Gasteiger partial charge in [-0.25, -0.2) is 0 Å². The number of amides is 1. The van der Waals surface area contributed by atoms with Crippen LogP contribution in [0, 0.1) is 13.8 Å². The number of rotatable bonds is 4. The molecule has 0 radical (unpaired) electrons. The number of carbonyl (C=O) groups excluding carboxylic acids is 1. The molecule has 0 aromatic heterocycles. The Morgan fingerprint density at radius 1 is 1.00 bits per heavy atom. The number of benzene rings is 2. The summed E-state index contributed by atoms with van der Waals surface area (Å²) in [6, 6.07) is 13.1. The quantitative estimate of drug-likeness (QED) is 0.906. The second-order valence-electron chi connectivity index (χ2n) is 5.44. The van der Waals surface area contributed by atoms with Crippen LogP contribution in [0.5, 0.6) is 5.75 Å². The summed E-state index contributed by atoms with van der Waals surface area (Å²) in [7, 11) is 0. The fraction of sp³-hybridized carbons (Fsp3) is 0.278. The highest BCUT2D eigenvalue weighted by Crippen LogP contribution is 2.17. The van der Waals surface area contributed by atoms with Gasteiger partial charge in [0, 0.05) is 11.3 Å². The number of nitrogens with one attached hydrogen (secondary N) is 1. The second-order valence-corrected chi connectivity index (χ2v) is 5.44. The van der Waals surface area contributed by atoms with Gasteiger partial charge in [0.15, 0.2) is 0 Å². The van der Waals surface area contributed by atoms with Crippen molar-refractivity contribution < 1.29 is 9.53 Å². The minimum atomic E-state index is -0.116. The van der Waals surface area contributed by atoms with Crippen molar-refractivity contribution in [1.29, 1.82) is 0 Å². The van der Waals surface area contributed by atoms with E-state index in [-0.39, 0.29) is 12.0 Å². The summed E-state index contributed by atoms with van der Waals surface area (Å²) < 4.78 is 5.56. The Bertz CT molecular complexity index is 630. The van der Waals surface area contributed by atoms with Gasteiger partial charge in [-0.2, -0.15) is 0 Å². The lowest BCUT2D eigenvalue weighted by Crippen LogP contribution is -2.12. The molecule has 110 valence electrons. The molecule has 0 unspecified atom stereocenters. The first-order valence-electron chi connectivity index (χ1n) is 7.11. The maximum atomic E-state index is 12.2. The highest BCUT2D eigenvalue weighted by atomic mass is 16.5. The molecule has 0 fully saturated rings. The van der Waals surface area contributed by atoms with Crippen LogP contribution in [0.15, 0.2) is 42.5 Å². The summed E-state index contributed by atoms with van der Waals surface area (Å²) in [4.78, 5) is 12.2. The minimum absolute atomic E-state index is 0.116. The van der Waals surface area contributed by atoms with Crippen LogP contribution in [-0.2, 0) is 0 Å². The zero-order chi connectivity index (χ0) is 15.4. The van der Waals surface area contributed by atoms with Gasteiger partial charge in [0.25, 0.3) is 5.91 Å². The van der Waals surface area contributed by atoms with Crippen LogP contribution >= 0.6 is 0 Å². The van der Waals surface area contributed by atoms with E-state index in [2.05, 4.69) is 5.32 Å². The average molecular weight is 283 g/mol. The molecular formula is C18H21NO2. The van der Waals surface area contributed by atoms with E-state index in [4.69, 9.17) is 4.74 Å². The molecule has 0 aliphatic carbocycles. The third-order valence-corrected chi connectivity index (χ3v) is 3.25. The molecule has 0 saturated carbocycles. The normalized spacial score (nSPS) is 10.5. The van der Waals surface area contributed by atoms with Crippen LogP contribution in [0.4, 0.5) is 5.69 Å². The molecule has 0 heterocycles. The van der Waals surface area contributed by atoms with Crippen molar-refractivity contribution in [3.63, 3.8) is 0 Å². The van der Waals surface area contributed by atoms with Gasteiger partial charge in [-0.3, -0.25) is 4.79 Å². The molecule has 1 amide bonds. The molecule has 0 aliphatic heterocycles. The fourth-order valence-corrected chi connectivity index (χ4v) is 1.98. The van der Waals surface area contributed by atoms with E-state index in [9.17, 15) is 4.79 Å². The Balaban J connectivity index is 2.07. The van der Waals surface area contributed by atoms with Crippen LogP contribution in [0.3, 0.4) is 0 Å². The third-order valence-electron chi connectivity index (χ3n) is 3.25. The molecule has 2 aromatic carbocycles. The van der Waals surface area contributed by atoms with Gasteiger partial charge in [-0.1, -0.05) is 6.07 Å². The van der Waals surface area contributed by atoms with E-state index in [1.807, 2.05) is 58.0 Å². The van der Waals surface area contributed by atoms with E-state index >= 15 is 0 Å². The molecule has 3 nitrogen and oxygen atoms in total. The molecule has 0 saturated heterocycles. The maximum absolute atomic E-state index is 12.2. The van der Waals surface area contributed by atoms with Crippen molar-refractivity contribution in [2.45, 2.75) is 33.8 Å². The fourth-order valence-electron chi connectivity index (χ4n) is 1.98. The lowest BCUT2D eigenvalue weighted by atomic mass is 10.1. The summed E-state index contributed by atoms with van der Waals surface area (Å²) in [5.74, 6) is 0.655. The summed E-state index contributed by atoms with van der Waals surface area (Å²) in [5.41, 5.74) is 3.80. The number of hydrogen-bond acceptors (Lipinski definition) is 2. The van der Waals surface area contributed by atoms with Crippen molar-refractivity contribution in [2.24, 2.45) is 0 Å². The zero-order valence-electron chi connectivity index (χ0n) is 12.9. The smallest absolute Gasteiger partial charge is 0.255 e. The van der Waals surface area contributed by atoms with E-state index in [0.29, 0.717) is 5.56 Å². The number of hydrogen-bond donors (Lipinski definition) is 1. The standard InChI is InChI=1S/C18H21NO2/c1-12(2)21-17-9-6-15(7-10-17)18(20)19-16-8-5-13(3)14(4)11-16/h5-12H,1-4H3,(H,19,20). The molecule has 1 N–H and O–H groups in total. The van der Waals surface area contributed by atoms with Crippen molar-refractivity contribution in [1.82, 2.24) is 0 Å². The lowest BCUT2D eigenvalue weighted by molar-refractivity contribution is 0.102. The van der Waals surface area contributed by atoms with E-state index in [1.165, 1.54) is 5.56 Å². The Labute approximate surface area is 126 Å². The Morgan fingerprint density at radius 2 is 1.67 bits per heavy atom. The molecule has 2 rings (SSSR count). The van der Waals surface area contributed by atoms with Crippen LogP contribution < -0.4 is 10.1 Å². The molecule has 21 heavy (non-hydrogen) atoms. The summed E-state index contributed by atoms with van der Waals surface area (Å²) in [6.07, 6.45) is 0.125. The van der Waals surface area contributed by atoms with Crippen molar-refractivity contribution in [2.75, 3.05) is 5.32 Å². The first-order valence-corrected chi connectivity index (χ1v) is 7.11. The maximum Gasteiger partial charge on any atom is 0.255 e. The zero-order valence-corrected chi connectivity index (χ0v) is 12.9. The van der Waals surface area contributed by atoms with E-state index in [1.54, 1.807) is 12.1 Å². The molecule has 2 aromatic rings. The largest absolute Gasteiger partial charge is 0.491 e. The predicted molar refractivity (Wildman–Crippen MR) is 86.1 cm³/mol. The van der Waals surface area contributed by atoms with Crippen LogP contribution in [0.1, 0.15) is 35.3 Å². The molecular weight excluding hydrogens is 262 g/mol. The van der Waals surface area contributed by atoms with Crippen LogP contribution in [0.2, 0.25) is 0 Å². The number of anilines is 1. The van der Waals surface area contributed by atoms with Crippen molar-refractivity contribution in [3.05, 3.63) is 59.2 Å². The van der Waals surface area contributed by atoms with E-state index in [0.717, 1.165) is 17.0 Å². The van der Waals surface area contributed by atoms with Gasteiger partial charge < -0.3 is 10.1 Å².